The lowest BCUT2D eigenvalue weighted by Gasteiger charge is -2.15. The van der Waals surface area contributed by atoms with Gasteiger partial charge < -0.3 is 0 Å². The molecule has 0 aromatic heterocycles. The predicted molar refractivity (Wildman–Crippen MR) is 56.6 cm³/mol. The maximum atomic E-state index is 13.0. The van der Waals surface area contributed by atoms with E-state index in [9.17, 15) is 8.78 Å². The van der Waals surface area contributed by atoms with E-state index in [4.69, 9.17) is 0 Å². The third-order valence-corrected chi connectivity index (χ3v) is 3.46. The van der Waals surface area contributed by atoms with Crippen molar-refractivity contribution in [3.8, 4) is 0 Å². The minimum Gasteiger partial charge on any atom is -0.207 e. The first kappa shape index (κ1) is 10.6. The molecular formula is C13H16F2. The summed E-state index contributed by atoms with van der Waals surface area (Å²) in [4.78, 5) is 0. The van der Waals surface area contributed by atoms with E-state index >= 15 is 0 Å². The number of halogens is 2. The van der Waals surface area contributed by atoms with Crippen LogP contribution in [0.15, 0.2) is 18.2 Å². The Morgan fingerprint density at radius 3 is 2.33 bits per heavy atom. The number of hydrogen-bond acceptors (Lipinski definition) is 0. The van der Waals surface area contributed by atoms with E-state index in [1.807, 2.05) is 0 Å². The van der Waals surface area contributed by atoms with Crippen LogP contribution in [0.4, 0.5) is 8.78 Å². The third-order valence-electron chi connectivity index (χ3n) is 3.46. The van der Waals surface area contributed by atoms with Crippen LogP contribution < -0.4 is 0 Å². The van der Waals surface area contributed by atoms with Crippen LogP contribution in [0.2, 0.25) is 0 Å². The van der Waals surface area contributed by atoms with Crippen molar-refractivity contribution in [3.63, 3.8) is 0 Å². The molecule has 1 saturated carbocycles. The van der Waals surface area contributed by atoms with E-state index in [-0.39, 0.29) is 0 Å². The van der Waals surface area contributed by atoms with E-state index < -0.39 is 11.6 Å². The van der Waals surface area contributed by atoms with Gasteiger partial charge >= 0.3 is 0 Å². The Hall–Kier alpha value is -0.920. The molecule has 1 aromatic carbocycles. The Morgan fingerprint density at radius 2 is 1.80 bits per heavy atom. The van der Waals surface area contributed by atoms with Crippen LogP contribution in [-0.2, 0) is 6.42 Å². The molecule has 1 aliphatic rings. The summed E-state index contributed by atoms with van der Waals surface area (Å²) in [6, 6.07) is 3.84. The van der Waals surface area contributed by atoms with Gasteiger partial charge in [-0.05, 0) is 42.4 Å². The first-order valence-electron chi connectivity index (χ1n) is 5.60. The van der Waals surface area contributed by atoms with Crippen LogP contribution in [0, 0.1) is 23.5 Å². The molecule has 0 spiro atoms. The molecular weight excluding hydrogens is 194 g/mol. The highest BCUT2D eigenvalue weighted by Gasteiger charge is 2.23. The molecule has 1 fully saturated rings. The van der Waals surface area contributed by atoms with Crippen molar-refractivity contribution in [3.05, 3.63) is 35.4 Å². The fraction of sp³-hybridized carbons (Fsp3) is 0.538. The van der Waals surface area contributed by atoms with E-state index in [1.54, 1.807) is 0 Å². The van der Waals surface area contributed by atoms with Gasteiger partial charge in [0, 0.05) is 6.07 Å². The summed E-state index contributed by atoms with van der Waals surface area (Å²) in [6.07, 6.45) is 4.52. The second-order valence-corrected chi connectivity index (χ2v) is 4.65. The molecule has 82 valence electrons. The summed E-state index contributed by atoms with van der Waals surface area (Å²) < 4.78 is 25.9. The molecule has 0 saturated heterocycles. The van der Waals surface area contributed by atoms with Crippen LogP contribution in [0.1, 0.15) is 31.7 Å². The molecule has 1 aliphatic carbocycles. The first-order valence-corrected chi connectivity index (χ1v) is 5.60. The smallest absolute Gasteiger partial charge is 0.126 e. The van der Waals surface area contributed by atoms with E-state index in [0.29, 0.717) is 11.8 Å². The van der Waals surface area contributed by atoms with Crippen LogP contribution in [0.3, 0.4) is 0 Å². The summed E-state index contributed by atoms with van der Waals surface area (Å²) in [5.41, 5.74) is 0.797. The second kappa shape index (κ2) is 4.30. The van der Waals surface area contributed by atoms with Gasteiger partial charge in [0.2, 0.25) is 0 Å². The molecule has 15 heavy (non-hydrogen) atoms. The van der Waals surface area contributed by atoms with Crippen LogP contribution >= 0.6 is 0 Å². The average Bonchev–Trinajstić information content (AvgIpc) is 2.50. The number of benzene rings is 1. The van der Waals surface area contributed by atoms with Gasteiger partial charge in [0.1, 0.15) is 11.6 Å². The predicted octanol–water partition coefficient (Wildman–Crippen LogP) is 3.94. The van der Waals surface area contributed by atoms with Crippen molar-refractivity contribution in [1.82, 2.24) is 0 Å². The first-order chi connectivity index (χ1) is 7.15. The SMILES string of the molecule is C[C@@H]1CCC[C@@H]1Cc1cc(F)cc(F)c1. The van der Waals surface area contributed by atoms with E-state index in [1.165, 1.54) is 31.4 Å². The lowest BCUT2D eigenvalue weighted by Crippen LogP contribution is -2.07. The Kier molecular flexibility index (Phi) is 3.03. The largest absolute Gasteiger partial charge is 0.207 e. The minimum atomic E-state index is -0.462. The Morgan fingerprint density at radius 1 is 1.13 bits per heavy atom. The molecule has 0 N–H and O–H groups in total. The second-order valence-electron chi connectivity index (χ2n) is 4.65. The van der Waals surface area contributed by atoms with Crippen molar-refractivity contribution in [1.29, 1.82) is 0 Å². The highest BCUT2D eigenvalue weighted by Crippen LogP contribution is 2.33. The van der Waals surface area contributed by atoms with Gasteiger partial charge in [-0.3, -0.25) is 0 Å². The third kappa shape index (κ3) is 2.55. The van der Waals surface area contributed by atoms with Gasteiger partial charge in [0.05, 0.1) is 0 Å². The molecule has 0 aliphatic heterocycles. The maximum Gasteiger partial charge on any atom is 0.126 e. The van der Waals surface area contributed by atoms with E-state index in [2.05, 4.69) is 6.92 Å². The van der Waals surface area contributed by atoms with E-state index in [0.717, 1.165) is 18.1 Å². The Bertz CT molecular complexity index is 326. The summed E-state index contributed by atoms with van der Waals surface area (Å²) >= 11 is 0. The molecule has 1 aromatic rings. The molecule has 0 radical (unpaired) electrons. The van der Waals surface area contributed by atoms with Crippen molar-refractivity contribution in [2.24, 2.45) is 11.8 Å². The molecule has 0 unspecified atom stereocenters. The zero-order chi connectivity index (χ0) is 10.8. The van der Waals surface area contributed by atoms with Crippen molar-refractivity contribution in [2.45, 2.75) is 32.6 Å². The average molecular weight is 210 g/mol. The molecule has 2 atom stereocenters. The zero-order valence-electron chi connectivity index (χ0n) is 8.97. The standard InChI is InChI=1S/C13H16F2/c1-9-3-2-4-11(9)5-10-6-12(14)8-13(15)7-10/h6-9,11H,2-5H2,1H3/t9-,11-/m1/s1. The van der Waals surface area contributed by atoms with Gasteiger partial charge in [0.15, 0.2) is 0 Å². The molecule has 0 bridgehead atoms. The molecule has 0 amide bonds. The minimum absolute atomic E-state index is 0.462. The Balaban J connectivity index is 2.10. The van der Waals surface area contributed by atoms with Gasteiger partial charge in [-0.2, -0.15) is 0 Å². The highest BCUT2D eigenvalue weighted by molar-refractivity contribution is 5.18. The Labute approximate surface area is 89.3 Å². The van der Waals surface area contributed by atoms with Crippen LogP contribution in [0.5, 0.6) is 0 Å². The summed E-state index contributed by atoms with van der Waals surface area (Å²) in [5, 5.41) is 0. The van der Waals surface area contributed by atoms with Crippen molar-refractivity contribution in [2.75, 3.05) is 0 Å². The summed E-state index contributed by atoms with van der Waals surface area (Å²) in [5.74, 6) is 0.369. The summed E-state index contributed by atoms with van der Waals surface area (Å²) in [7, 11) is 0. The van der Waals surface area contributed by atoms with Crippen LogP contribution in [0.25, 0.3) is 0 Å². The zero-order valence-corrected chi connectivity index (χ0v) is 8.97. The normalized spacial score (nSPS) is 25.8. The lowest BCUT2D eigenvalue weighted by atomic mass is 9.91. The van der Waals surface area contributed by atoms with Crippen molar-refractivity contribution >= 4 is 0 Å². The van der Waals surface area contributed by atoms with Gasteiger partial charge in [-0.25, -0.2) is 8.78 Å². The fourth-order valence-electron chi connectivity index (χ4n) is 2.56. The topological polar surface area (TPSA) is 0 Å². The fourth-order valence-corrected chi connectivity index (χ4v) is 2.56. The molecule has 0 heterocycles. The molecule has 2 rings (SSSR count). The molecule has 2 heteroatoms. The quantitative estimate of drug-likeness (QED) is 0.693. The maximum absolute atomic E-state index is 13.0. The molecule has 0 nitrogen and oxygen atoms in total. The van der Waals surface area contributed by atoms with Crippen LogP contribution in [-0.4, -0.2) is 0 Å². The van der Waals surface area contributed by atoms with Gasteiger partial charge in [0.25, 0.3) is 0 Å². The van der Waals surface area contributed by atoms with Crippen molar-refractivity contribution < 1.29 is 8.78 Å². The van der Waals surface area contributed by atoms with Gasteiger partial charge in [-0.15, -0.1) is 0 Å². The number of hydrogen-bond donors (Lipinski definition) is 0. The van der Waals surface area contributed by atoms with Gasteiger partial charge in [-0.1, -0.05) is 19.8 Å². The monoisotopic (exact) mass is 210 g/mol. The number of rotatable bonds is 2. The lowest BCUT2D eigenvalue weighted by molar-refractivity contribution is 0.415. The highest BCUT2D eigenvalue weighted by atomic mass is 19.1. The summed E-state index contributed by atoms with van der Waals surface area (Å²) in [6.45, 7) is 2.23.